The van der Waals surface area contributed by atoms with Crippen molar-refractivity contribution in [1.82, 2.24) is 4.98 Å². The monoisotopic (exact) mass is 296 g/mol. The smallest absolute Gasteiger partial charge is 0.0630 e. The molecule has 3 aromatic carbocycles. The average Bonchev–Trinajstić information content (AvgIpc) is 3.09. The summed E-state index contributed by atoms with van der Waals surface area (Å²) < 4.78 is 0. The Kier molecular flexibility index (Phi) is 3.49. The van der Waals surface area contributed by atoms with Gasteiger partial charge in [-0.25, -0.2) is 0 Å². The standard InChI is InChI=1S/C21H16N2/c1-2-9-17(10-3-1)22-15-18-13-14-21(23-18)20-12-6-8-16-7-4-5-11-19(16)20/h1-15,23H/b22-15+. The fourth-order valence-corrected chi connectivity index (χ4v) is 2.76. The molecular weight excluding hydrogens is 280 g/mol. The van der Waals surface area contributed by atoms with Crippen molar-refractivity contribution >= 4 is 22.7 Å². The summed E-state index contributed by atoms with van der Waals surface area (Å²) in [5.74, 6) is 0. The fraction of sp³-hybridized carbons (Fsp3) is 0. The number of nitrogens with zero attached hydrogens (tertiary/aromatic N) is 1. The minimum atomic E-state index is 0.953. The minimum Gasteiger partial charge on any atom is -0.354 e. The van der Waals surface area contributed by atoms with E-state index in [0.717, 1.165) is 17.1 Å². The Morgan fingerprint density at radius 2 is 1.48 bits per heavy atom. The first-order chi connectivity index (χ1) is 11.4. The summed E-state index contributed by atoms with van der Waals surface area (Å²) >= 11 is 0. The summed E-state index contributed by atoms with van der Waals surface area (Å²) in [4.78, 5) is 7.93. The number of para-hydroxylation sites is 1. The van der Waals surface area contributed by atoms with Gasteiger partial charge < -0.3 is 4.98 Å². The third-order valence-corrected chi connectivity index (χ3v) is 3.90. The number of nitrogens with one attached hydrogen (secondary N) is 1. The normalized spacial score (nSPS) is 11.3. The van der Waals surface area contributed by atoms with Crippen molar-refractivity contribution in [3.8, 4) is 11.3 Å². The highest BCUT2D eigenvalue weighted by atomic mass is 14.8. The van der Waals surface area contributed by atoms with Crippen molar-refractivity contribution < 1.29 is 0 Å². The van der Waals surface area contributed by atoms with Crippen LogP contribution in [0.2, 0.25) is 0 Å². The molecule has 0 saturated carbocycles. The fourth-order valence-electron chi connectivity index (χ4n) is 2.76. The van der Waals surface area contributed by atoms with Gasteiger partial charge in [0, 0.05) is 11.3 Å². The first-order valence-electron chi connectivity index (χ1n) is 7.66. The van der Waals surface area contributed by atoms with Crippen LogP contribution in [-0.4, -0.2) is 11.2 Å². The van der Waals surface area contributed by atoms with Gasteiger partial charge in [0.2, 0.25) is 0 Å². The van der Waals surface area contributed by atoms with Crippen LogP contribution in [0, 0.1) is 0 Å². The molecule has 0 aliphatic heterocycles. The topological polar surface area (TPSA) is 28.1 Å². The number of hydrogen-bond acceptors (Lipinski definition) is 1. The van der Waals surface area contributed by atoms with Gasteiger partial charge in [-0.1, -0.05) is 60.7 Å². The largest absolute Gasteiger partial charge is 0.354 e. The lowest BCUT2D eigenvalue weighted by atomic mass is 10.0. The second-order valence-electron chi connectivity index (χ2n) is 5.45. The van der Waals surface area contributed by atoms with Crippen molar-refractivity contribution in [3.63, 3.8) is 0 Å². The molecule has 1 heterocycles. The number of rotatable bonds is 3. The van der Waals surface area contributed by atoms with Crippen molar-refractivity contribution in [2.75, 3.05) is 0 Å². The molecule has 0 atom stereocenters. The molecule has 1 N–H and O–H groups in total. The predicted octanol–water partition coefficient (Wildman–Crippen LogP) is 5.59. The van der Waals surface area contributed by atoms with Crippen molar-refractivity contribution in [2.24, 2.45) is 4.99 Å². The highest BCUT2D eigenvalue weighted by molar-refractivity contribution is 5.96. The quantitative estimate of drug-likeness (QED) is 0.478. The lowest BCUT2D eigenvalue weighted by molar-refractivity contribution is 1.38. The van der Waals surface area contributed by atoms with E-state index in [9.17, 15) is 0 Å². The van der Waals surface area contributed by atoms with Gasteiger partial charge in [-0.15, -0.1) is 0 Å². The zero-order chi connectivity index (χ0) is 15.5. The number of aromatic nitrogens is 1. The maximum atomic E-state index is 4.49. The molecule has 1 aromatic heterocycles. The van der Waals surface area contributed by atoms with E-state index in [0.29, 0.717) is 0 Å². The Hall–Kier alpha value is -3.13. The van der Waals surface area contributed by atoms with Crippen LogP contribution in [0.5, 0.6) is 0 Å². The van der Waals surface area contributed by atoms with Gasteiger partial charge in [0.1, 0.15) is 0 Å². The van der Waals surface area contributed by atoms with Gasteiger partial charge in [-0.3, -0.25) is 4.99 Å². The molecule has 0 unspecified atom stereocenters. The molecule has 0 bridgehead atoms. The van der Waals surface area contributed by atoms with Gasteiger partial charge in [-0.2, -0.15) is 0 Å². The summed E-state index contributed by atoms with van der Waals surface area (Å²) in [6.07, 6.45) is 1.87. The maximum Gasteiger partial charge on any atom is 0.0630 e. The van der Waals surface area contributed by atoms with E-state index in [2.05, 4.69) is 64.6 Å². The van der Waals surface area contributed by atoms with Crippen LogP contribution in [0.15, 0.2) is 89.9 Å². The summed E-state index contributed by atoms with van der Waals surface area (Å²) in [5, 5.41) is 2.50. The number of H-pyrrole nitrogens is 1. The number of benzene rings is 3. The highest BCUT2D eigenvalue weighted by Crippen LogP contribution is 2.27. The maximum absolute atomic E-state index is 4.49. The Labute approximate surface area is 135 Å². The van der Waals surface area contributed by atoms with Gasteiger partial charge >= 0.3 is 0 Å². The zero-order valence-electron chi connectivity index (χ0n) is 12.6. The molecule has 4 aromatic rings. The lowest BCUT2D eigenvalue weighted by Crippen LogP contribution is -1.83. The zero-order valence-corrected chi connectivity index (χ0v) is 12.6. The molecular formula is C21H16N2. The molecule has 0 spiro atoms. The second kappa shape index (κ2) is 5.93. The van der Waals surface area contributed by atoms with Crippen molar-refractivity contribution in [3.05, 3.63) is 90.6 Å². The van der Waals surface area contributed by atoms with Gasteiger partial charge in [0.15, 0.2) is 0 Å². The minimum absolute atomic E-state index is 0.953. The van der Waals surface area contributed by atoms with Crippen LogP contribution in [0.4, 0.5) is 5.69 Å². The van der Waals surface area contributed by atoms with Crippen LogP contribution in [-0.2, 0) is 0 Å². The highest BCUT2D eigenvalue weighted by Gasteiger charge is 2.05. The predicted molar refractivity (Wildman–Crippen MR) is 97.4 cm³/mol. The molecule has 0 saturated heterocycles. The molecule has 23 heavy (non-hydrogen) atoms. The number of aromatic amines is 1. The molecule has 0 amide bonds. The summed E-state index contributed by atoms with van der Waals surface area (Å²) in [7, 11) is 0. The van der Waals surface area contributed by atoms with Crippen LogP contribution in [0.1, 0.15) is 5.69 Å². The molecule has 0 radical (unpaired) electrons. The van der Waals surface area contributed by atoms with Crippen LogP contribution in [0.3, 0.4) is 0 Å². The Morgan fingerprint density at radius 3 is 2.39 bits per heavy atom. The summed E-state index contributed by atoms with van der Waals surface area (Å²) in [6.45, 7) is 0. The van der Waals surface area contributed by atoms with Gasteiger partial charge in [0.05, 0.1) is 17.6 Å². The second-order valence-corrected chi connectivity index (χ2v) is 5.45. The molecule has 4 rings (SSSR count). The number of aliphatic imine (C=N–C) groups is 1. The molecule has 0 aliphatic rings. The summed E-state index contributed by atoms with van der Waals surface area (Å²) in [5.41, 5.74) is 4.27. The van der Waals surface area contributed by atoms with Gasteiger partial charge in [-0.05, 0) is 35.0 Å². The van der Waals surface area contributed by atoms with Crippen molar-refractivity contribution in [2.45, 2.75) is 0 Å². The molecule has 2 heteroatoms. The van der Waals surface area contributed by atoms with Crippen LogP contribution < -0.4 is 0 Å². The first kappa shape index (κ1) is 13.5. The van der Waals surface area contributed by atoms with E-state index in [1.54, 1.807) is 0 Å². The van der Waals surface area contributed by atoms with E-state index in [1.807, 2.05) is 36.5 Å². The lowest BCUT2D eigenvalue weighted by Gasteiger charge is -2.04. The molecule has 2 nitrogen and oxygen atoms in total. The third-order valence-electron chi connectivity index (χ3n) is 3.90. The van der Waals surface area contributed by atoms with Crippen LogP contribution >= 0.6 is 0 Å². The molecule has 0 fully saturated rings. The Balaban J connectivity index is 1.69. The third kappa shape index (κ3) is 2.79. The van der Waals surface area contributed by atoms with Crippen LogP contribution in [0.25, 0.3) is 22.0 Å². The van der Waals surface area contributed by atoms with Crippen molar-refractivity contribution in [1.29, 1.82) is 0 Å². The molecule has 110 valence electrons. The van der Waals surface area contributed by atoms with Gasteiger partial charge in [0.25, 0.3) is 0 Å². The van der Waals surface area contributed by atoms with E-state index < -0.39 is 0 Å². The van der Waals surface area contributed by atoms with E-state index >= 15 is 0 Å². The van der Waals surface area contributed by atoms with E-state index in [-0.39, 0.29) is 0 Å². The molecule has 0 aliphatic carbocycles. The SMILES string of the molecule is C(=N\c1ccccc1)/c1ccc(-c2cccc3ccccc23)[nH]1. The Bertz CT molecular complexity index is 960. The van der Waals surface area contributed by atoms with E-state index in [4.69, 9.17) is 0 Å². The summed E-state index contributed by atoms with van der Waals surface area (Å²) in [6, 6.07) is 28.9. The number of hydrogen-bond donors (Lipinski definition) is 1. The average molecular weight is 296 g/mol. The Morgan fingerprint density at radius 1 is 0.696 bits per heavy atom. The first-order valence-corrected chi connectivity index (χ1v) is 7.66. The number of fused-ring (bicyclic) bond motifs is 1. The van der Waals surface area contributed by atoms with E-state index in [1.165, 1.54) is 16.3 Å².